The van der Waals surface area contributed by atoms with E-state index >= 15 is 0 Å². The van der Waals surface area contributed by atoms with Crippen LogP contribution in [0.2, 0.25) is 0 Å². The van der Waals surface area contributed by atoms with E-state index in [9.17, 15) is 24.5 Å². The third-order valence-electron chi connectivity index (χ3n) is 3.84. The minimum absolute atomic E-state index is 0.112. The number of unbranched alkanes of at least 4 members (excludes halogenated alkanes) is 2. The Bertz CT molecular complexity index is 687. The van der Waals surface area contributed by atoms with Gasteiger partial charge in [-0.15, -0.1) is 0 Å². The van der Waals surface area contributed by atoms with Crippen LogP contribution < -0.4 is 5.32 Å². The molecule has 1 aromatic rings. The maximum Gasteiger partial charge on any atom is 0.280 e. The van der Waals surface area contributed by atoms with E-state index in [1.54, 1.807) is 0 Å². The van der Waals surface area contributed by atoms with Gasteiger partial charge < -0.3 is 4.74 Å². The number of imide groups is 1. The lowest BCUT2D eigenvalue weighted by Crippen LogP contribution is -2.48. The second kappa shape index (κ2) is 7.31. The molecule has 128 valence electrons. The number of ketones is 1. The van der Waals surface area contributed by atoms with Crippen LogP contribution in [0, 0.1) is 10.1 Å². The number of para-hydroxylation sites is 1. The molecule has 0 bridgehead atoms. The van der Waals surface area contributed by atoms with Crippen LogP contribution in [0.25, 0.3) is 0 Å². The van der Waals surface area contributed by atoms with Crippen molar-refractivity contribution in [2.24, 2.45) is 0 Å². The molecule has 2 amide bonds. The summed E-state index contributed by atoms with van der Waals surface area (Å²) in [5, 5.41) is 13.2. The van der Waals surface area contributed by atoms with Gasteiger partial charge in [-0.25, -0.2) is 0 Å². The van der Waals surface area contributed by atoms with Crippen molar-refractivity contribution in [2.45, 2.75) is 38.2 Å². The highest BCUT2D eigenvalue weighted by molar-refractivity contribution is 6.26. The number of rotatable bonds is 8. The van der Waals surface area contributed by atoms with Gasteiger partial charge in [0.15, 0.2) is 0 Å². The summed E-state index contributed by atoms with van der Waals surface area (Å²) in [5.74, 6) is -2.37. The summed E-state index contributed by atoms with van der Waals surface area (Å²) < 4.78 is 5.52. The van der Waals surface area contributed by atoms with Crippen LogP contribution in [0.15, 0.2) is 24.3 Å². The van der Waals surface area contributed by atoms with Crippen molar-refractivity contribution in [3.8, 4) is 0 Å². The van der Waals surface area contributed by atoms with Gasteiger partial charge in [-0.3, -0.25) is 29.8 Å². The summed E-state index contributed by atoms with van der Waals surface area (Å²) in [6.07, 6.45) is 1.90. The van der Waals surface area contributed by atoms with Crippen molar-refractivity contribution < 1.29 is 24.0 Å². The molecule has 1 fully saturated rings. The number of amides is 2. The molecule has 1 heterocycles. The molecule has 1 atom stereocenters. The number of carbonyl (C=O) groups is 3. The molecule has 2 rings (SSSR count). The Balaban J connectivity index is 2.37. The number of nitro groups is 1. The van der Waals surface area contributed by atoms with E-state index in [1.807, 2.05) is 6.92 Å². The molecule has 0 saturated carbocycles. The lowest BCUT2D eigenvalue weighted by molar-refractivity contribution is -0.385. The van der Waals surface area contributed by atoms with Gasteiger partial charge in [0, 0.05) is 12.7 Å². The van der Waals surface area contributed by atoms with E-state index in [-0.39, 0.29) is 12.2 Å². The van der Waals surface area contributed by atoms with Gasteiger partial charge >= 0.3 is 0 Å². The average Bonchev–Trinajstić information content (AvgIpc) is 2.85. The molecule has 24 heavy (non-hydrogen) atoms. The minimum Gasteiger partial charge on any atom is -0.357 e. The Morgan fingerprint density at radius 1 is 1.33 bits per heavy atom. The Kier molecular flexibility index (Phi) is 5.40. The van der Waals surface area contributed by atoms with Crippen LogP contribution in [-0.4, -0.2) is 34.7 Å². The lowest BCUT2D eigenvalue weighted by Gasteiger charge is -2.24. The number of nitrogens with zero attached hydrogens (tertiary/aromatic N) is 1. The van der Waals surface area contributed by atoms with Crippen molar-refractivity contribution in [1.82, 2.24) is 5.32 Å². The highest BCUT2D eigenvalue weighted by Gasteiger charge is 2.55. The van der Waals surface area contributed by atoms with Gasteiger partial charge in [-0.05, 0) is 12.5 Å². The molecule has 1 aromatic carbocycles. The first-order valence-electron chi connectivity index (χ1n) is 7.69. The summed E-state index contributed by atoms with van der Waals surface area (Å²) in [6.45, 7) is 2.10. The summed E-state index contributed by atoms with van der Waals surface area (Å²) in [7, 11) is 0. The molecule has 0 spiro atoms. The van der Waals surface area contributed by atoms with Gasteiger partial charge in [-0.2, -0.15) is 0 Å². The zero-order chi connectivity index (χ0) is 17.7. The summed E-state index contributed by atoms with van der Waals surface area (Å²) in [5.41, 5.74) is -2.70. The third kappa shape index (κ3) is 3.33. The van der Waals surface area contributed by atoms with Crippen LogP contribution in [0.3, 0.4) is 0 Å². The highest BCUT2D eigenvalue weighted by atomic mass is 16.6. The monoisotopic (exact) mass is 334 g/mol. The van der Waals surface area contributed by atoms with Crippen molar-refractivity contribution in [3.63, 3.8) is 0 Å². The van der Waals surface area contributed by atoms with Crippen molar-refractivity contribution in [2.75, 3.05) is 6.61 Å². The van der Waals surface area contributed by atoms with Gasteiger partial charge in [0.25, 0.3) is 11.6 Å². The maximum absolute atomic E-state index is 12.9. The summed E-state index contributed by atoms with van der Waals surface area (Å²) in [6, 6.07) is 5.31. The molecule has 8 nitrogen and oxygen atoms in total. The van der Waals surface area contributed by atoms with Crippen molar-refractivity contribution in [3.05, 3.63) is 39.9 Å². The van der Waals surface area contributed by atoms with E-state index in [0.29, 0.717) is 6.42 Å². The number of Topliss-reactive ketones (excluding diaryl/α,β-unsaturated/α-hetero) is 1. The molecule has 1 unspecified atom stereocenters. The number of ether oxygens (including phenoxy) is 1. The predicted molar refractivity (Wildman–Crippen MR) is 83.4 cm³/mol. The third-order valence-corrected chi connectivity index (χ3v) is 3.84. The van der Waals surface area contributed by atoms with E-state index in [0.717, 1.165) is 12.8 Å². The lowest BCUT2D eigenvalue weighted by atomic mass is 9.90. The SMILES string of the molecule is CCCCCOC1(C(=O)c2ccccc2[N+](=O)[O-])CC(=O)NC1=O. The number of hydrogen-bond donors (Lipinski definition) is 1. The maximum atomic E-state index is 12.9. The van der Waals surface area contributed by atoms with E-state index in [1.165, 1.54) is 24.3 Å². The molecular formula is C16H18N2O6. The normalized spacial score (nSPS) is 20.0. The fourth-order valence-corrected chi connectivity index (χ4v) is 2.58. The predicted octanol–water partition coefficient (Wildman–Crippen LogP) is 1.77. The molecule has 1 saturated heterocycles. The quantitative estimate of drug-likeness (QED) is 0.193. The van der Waals surface area contributed by atoms with Gasteiger partial charge in [0.2, 0.25) is 17.3 Å². The largest absolute Gasteiger partial charge is 0.357 e. The van der Waals surface area contributed by atoms with E-state index in [4.69, 9.17) is 4.74 Å². The molecule has 1 N–H and O–H groups in total. The fraction of sp³-hybridized carbons (Fsp3) is 0.438. The minimum atomic E-state index is -2.03. The number of hydrogen-bond acceptors (Lipinski definition) is 6. The molecule has 0 radical (unpaired) electrons. The standard InChI is InChI=1S/C16H18N2O6/c1-2-3-6-9-24-16(10-13(19)17-15(16)21)14(20)11-7-4-5-8-12(11)18(22)23/h4-5,7-8H,2-3,6,9-10H2,1H3,(H,17,19,21). The molecule has 1 aliphatic heterocycles. The fourth-order valence-electron chi connectivity index (χ4n) is 2.58. The topological polar surface area (TPSA) is 116 Å². The van der Waals surface area contributed by atoms with Gasteiger partial charge in [0.1, 0.15) is 0 Å². The second-order valence-corrected chi connectivity index (χ2v) is 5.54. The zero-order valence-electron chi connectivity index (χ0n) is 13.2. The Hall–Kier alpha value is -2.61. The van der Waals surface area contributed by atoms with Crippen LogP contribution in [0.4, 0.5) is 5.69 Å². The first kappa shape index (κ1) is 17.7. The van der Waals surface area contributed by atoms with Crippen LogP contribution in [0.1, 0.15) is 43.0 Å². The van der Waals surface area contributed by atoms with Crippen LogP contribution >= 0.6 is 0 Å². The number of benzene rings is 1. The molecular weight excluding hydrogens is 316 g/mol. The van der Waals surface area contributed by atoms with Gasteiger partial charge in [0.05, 0.1) is 16.9 Å². The molecule has 0 aromatic heterocycles. The van der Waals surface area contributed by atoms with Crippen LogP contribution in [0.5, 0.6) is 0 Å². The molecule has 0 aliphatic carbocycles. The van der Waals surface area contributed by atoms with Crippen molar-refractivity contribution in [1.29, 1.82) is 0 Å². The summed E-state index contributed by atoms with van der Waals surface area (Å²) in [4.78, 5) is 47.1. The number of nitrogens with one attached hydrogen (secondary N) is 1. The summed E-state index contributed by atoms with van der Waals surface area (Å²) >= 11 is 0. The second-order valence-electron chi connectivity index (χ2n) is 5.54. The number of nitro benzene ring substituents is 1. The Morgan fingerprint density at radius 2 is 2.04 bits per heavy atom. The highest BCUT2D eigenvalue weighted by Crippen LogP contribution is 2.31. The first-order valence-corrected chi connectivity index (χ1v) is 7.69. The number of carbonyl (C=O) groups excluding carboxylic acids is 3. The Morgan fingerprint density at radius 3 is 2.62 bits per heavy atom. The zero-order valence-corrected chi connectivity index (χ0v) is 13.2. The van der Waals surface area contributed by atoms with Crippen LogP contribution in [-0.2, 0) is 14.3 Å². The average molecular weight is 334 g/mol. The Labute approximate surface area is 138 Å². The first-order chi connectivity index (χ1) is 11.4. The van der Waals surface area contributed by atoms with Crippen molar-refractivity contribution >= 4 is 23.3 Å². The molecule has 8 heteroatoms. The van der Waals surface area contributed by atoms with E-state index in [2.05, 4.69) is 5.32 Å². The van der Waals surface area contributed by atoms with E-state index < -0.39 is 40.2 Å². The molecule has 1 aliphatic rings. The smallest absolute Gasteiger partial charge is 0.280 e. The van der Waals surface area contributed by atoms with Gasteiger partial charge in [-0.1, -0.05) is 31.9 Å².